The molecule has 3 aromatic rings. The van der Waals surface area contributed by atoms with E-state index in [-0.39, 0.29) is 19.1 Å². The van der Waals surface area contributed by atoms with Gasteiger partial charge in [-0.2, -0.15) is 0 Å². The highest BCUT2D eigenvalue weighted by molar-refractivity contribution is 6.33. The van der Waals surface area contributed by atoms with E-state index in [0.717, 1.165) is 16.5 Å². The molecule has 0 radical (unpaired) electrons. The van der Waals surface area contributed by atoms with E-state index in [1.54, 1.807) is 24.2 Å². The maximum absolute atomic E-state index is 13.1. The molecule has 0 spiro atoms. The van der Waals surface area contributed by atoms with Crippen LogP contribution in [-0.2, 0) is 11.4 Å². The van der Waals surface area contributed by atoms with Gasteiger partial charge in [-0.05, 0) is 35.9 Å². The number of carbonyl (C=O) groups is 2. The zero-order chi connectivity index (χ0) is 23.0. The van der Waals surface area contributed by atoms with Crippen LogP contribution in [0.15, 0.2) is 59.6 Å². The van der Waals surface area contributed by atoms with Gasteiger partial charge in [0, 0.05) is 17.5 Å². The molecule has 168 valence electrons. The Balaban J connectivity index is 1.47. The van der Waals surface area contributed by atoms with Crippen molar-refractivity contribution in [3.63, 3.8) is 0 Å². The normalized spacial score (nSPS) is 20.4. The van der Waals surface area contributed by atoms with Crippen LogP contribution < -0.4 is 15.5 Å². The van der Waals surface area contributed by atoms with E-state index >= 15 is 0 Å². The Kier molecular flexibility index (Phi) is 5.39. The Bertz CT molecular complexity index is 1290. The lowest BCUT2D eigenvalue weighted by atomic mass is 9.97. The van der Waals surface area contributed by atoms with E-state index in [2.05, 4.69) is 15.8 Å². The number of nitrogens with zero attached hydrogens (tertiary/aromatic N) is 2. The number of aromatic nitrogens is 1. The van der Waals surface area contributed by atoms with Gasteiger partial charge in [-0.25, -0.2) is 15.3 Å². The number of hydroxylamine groups is 1. The molecule has 3 heterocycles. The minimum Gasteiger partial charge on any atom is -0.497 e. The molecular formula is C24H21ClN4O4. The van der Waals surface area contributed by atoms with Crippen molar-refractivity contribution in [2.45, 2.75) is 12.1 Å². The standard InChI is InChI=1S/C24H21ClN4O4/c1-32-18-9-7-16-12-29(22(30)19(16)11-18)13-24(14-33-28-23(31)27-24)21(25)10-17-8-6-15-4-2-3-5-20(15)26-17/h2-11H,12-14H2,1H3,(H2,27,28,31)/b21-10-/t24-/m1/s1. The molecule has 2 aromatic carbocycles. The molecule has 3 amide bonds. The van der Waals surface area contributed by atoms with Crippen LogP contribution in [-0.4, -0.2) is 47.6 Å². The molecule has 1 aromatic heterocycles. The smallest absolute Gasteiger partial charge is 0.339 e. The number of benzene rings is 2. The van der Waals surface area contributed by atoms with Gasteiger partial charge in [0.25, 0.3) is 5.91 Å². The minimum atomic E-state index is -1.14. The van der Waals surface area contributed by atoms with Crippen LogP contribution in [0, 0.1) is 0 Å². The number of fused-ring (bicyclic) bond motifs is 2. The van der Waals surface area contributed by atoms with Crippen LogP contribution >= 0.6 is 11.6 Å². The summed E-state index contributed by atoms with van der Waals surface area (Å²) in [5.41, 5.74) is 4.05. The van der Waals surface area contributed by atoms with Gasteiger partial charge in [0.15, 0.2) is 0 Å². The molecule has 8 nitrogen and oxygen atoms in total. The fraction of sp³-hybridized carbons (Fsp3) is 0.208. The van der Waals surface area contributed by atoms with E-state index in [0.29, 0.717) is 28.6 Å². The van der Waals surface area contributed by atoms with Gasteiger partial charge in [-0.1, -0.05) is 41.9 Å². The molecule has 1 fully saturated rings. The molecule has 2 aliphatic heterocycles. The van der Waals surface area contributed by atoms with E-state index in [9.17, 15) is 9.59 Å². The molecule has 5 rings (SSSR count). The zero-order valence-electron chi connectivity index (χ0n) is 17.8. The highest BCUT2D eigenvalue weighted by Crippen LogP contribution is 2.32. The van der Waals surface area contributed by atoms with Gasteiger partial charge >= 0.3 is 6.03 Å². The molecule has 1 atom stereocenters. The molecule has 2 aliphatic rings. The van der Waals surface area contributed by atoms with Crippen LogP contribution in [0.1, 0.15) is 21.6 Å². The van der Waals surface area contributed by atoms with E-state index in [1.807, 2.05) is 48.5 Å². The first-order valence-corrected chi connectivity index (χ1v) is 10.7. The molecular weight excluding hydrogens is 444 g/mol. The molecule has 0 saturated carbocycles. The minimum absolute atomic E-state index is 0.0328. The number of nitrogens with one attached hydrogen (secondary N) is 2. The quantitative estimate of drug-likeness (QED) is 0.603. The Morgan fingerprint density at radius 3 is 2.91 bits per heavy atom. The number of hydrogen-bond acceptors (Lipinski definition) is 5. The SMILES string of the molecule is COc1ccc2c(c1)C(=O)N(C[C@]1(/C(Cl)=C/c3ccc4ccccc4n3)CONC(=O)N1)C2. The van der Waals surface area contributed by atoms with E-state index in [1.165, 1.54) is 0 Å². The number of hydrogen-bond donors (Lipinski definition) is 2. The monoisotopic (exact) mass is 464 g/mol. The molecule has 0 unspecified atom stereocenters. The lowest BCUT2D eigenvalue weighted by Crippen LogP contribution is -2.65. The van der Waals surface area contributed by atoms with Gasteiger partial charge in [-0.15, -0.1) is 0 Å². The number of amides is 3. The van der Waals surface area contributed by atoms with Crippen molar-refractivity contribution in [2.24, 2.45) is 0 Å². The second kappa shape index (κ2) is 8.38. The third-order valence-corrected chi connectivity index (χ3v) is 6.32. The molecule has 2 N–H and O–H groups in total. The second-order valence-electron chi connectivity index (χ2n) is 8.03. The average Bonchev–Trinajstić information content (AvgIpc) is 3.13. The van der Waals surface area contributed by atoms with Crippen molar-refractivity contribution in [1.82, 2.24) is 20.7 Å². The summed E-state index contributed by atoms with van der Waals surface area (Å²) in [7, 11) is 1.56. The third kappa shape index (κ3) is 3.99. The lowest BCUT2D eigenvalue weighted by Gasteiger charge is -2.39. The molecule has 1 saturated heterocycles. The van der Waals surface area contributed by atoms with Crippen molar-refractivity contribution in [3.8, 4) is 5.75 Å². The number of pyridine rings is 1. The summed E-state index contributed by atoms with van der Waals surface area (Å²) in [6.45, 7) is 0.547. The Morgan fingerprint density at radius 2 is 2.09 bits per heavy atom. The van der Waals surface area contributed by atoms with Crippen LogP contribution in [0.3, 0.4) is 0 Å². The lowest BCUT2D eigenvalue weighted by molar-refractivity contribution is -0.00622. The predicted octanol–water partition coefficient (Wildman–Crippen LogP) is 3.46. The largest absolute Gasteiger partial charge is 0.497 e. The van der Waals surface area contributed by atoms with E-state index < -0.39 is 11.6 Å². The predicted molar refractivity (Wildman–Crippen MR) is 124 cm³/mol. The van der Waals surface area contributed by atoms with Crippen molar-refractivity contribution in [1.29, 1.82) is 0 Å². The summed E-state index contributed by atoms with van der Waals surface area (Å²) in [4.78, 5) is 36.9. The maximum Gasteiger partial charge on any atom is 0.339 e. The zero-order valence-corrected chi connectivity index (χ0v) is 18.6. The molecule has 33 heavy (non-hydrogen) atoms. The number of para-hydroxylation sites is 1. The first kappa shape index (κ1) is 21.2. The number of carbonyl (C=O) groups excluding carboxylic acids is 2. The second-order valence-corrected chi connectivity index (χ2v) is 8.44. The summed E-state index contributed by atoms with van der Waals surface area (Å²) in [6.07, 6.45) is 1.69. The first-order valence-electron chi connectivity index (χ1n) is 10.4. The van der Waals surface area contributed by atoms with E-state index in [4.69, 9.17) is 21.2 Å². The van der Waals surface area contributed by atoms with Gasteiger partial charge < -0.3 is 15.0 Å². The van der Waals surface area contributed by atoms with Gasteiger partial charge in [-0.3, -0.25) is 9.63 Å². The number of rotatable bonds is 5. The van der Waals surface area contributed by atoms with Crippen molar-refractivity contribution in [2.75, 3.05) is 20.3 Å². The summed E-state index contributed by atoms with van der Waals surface area (Å²) in [5.74, 6) is 0.446. The number of ether oxygens (including phenoxy) is 1. The molecule has 9 heteroatoms. The van der Waals surface area contributed by atoms with Gasteiger partial charge in [0.2, 0.25) is 0 Å². The third-order valence-electron chi connectivity index (χ3n) is 5.84. The van der Waals surface area contributed by atoms with Crippen LogP contribution in [0.5, 0.6) is 5.75 Å². The molecule has 0 aliphatic carbocycles. The first-order chi connectivity index (χ1) is 16.0. The Hall–Kier alpha value is -3.62. The number of methoxy groups -OCH3 is 1. The van der Waals surface area contributed by atoms with Gasteiger partial charge in [0.05, 0.1) is 29.9 Å². The van der Waals surface area contributed by atoms with Crippen LogP contribution in [0.25, 0.3) is 17.0 Å². The Labute approximate surface area is 195 Å². The van der Waals surface area contributed by atoms with Crippen LogP contribution in [0.2, 0.25) is 0 Å². The van der Waals surface area contributed by atoms with Gasteiger partial charge in [0.1, 0.15) is 17.9 Å². The Morgan fingerprint density at radius 1 is 1.24 bits per heavy atom. The summed E-state index contributed by atoms with van der Waals surface area (Å²) in [5, 5.41) is 4.18. The van der Waals surface area contributed by atoms with Crippen molar-refractivity contribution < 1.29 is 19.2 Å². The number of urea groups is 1. The summed E-state index contributed by atoms with van der Waals surface area (Å²) in [6, 6.07) is 16.4. The van der Waals surface area contributed by atoms with Crippen molar-refractivity contribution in [3.05, 3.63) is 76.5 Å². The summed E-state index contributed by atoms with van der Waals surface area (Å²) < 4.78 is 5.25. The number of halogens is 1. The summed E-state index contributed by atoms with van der Waals surface area (Å²) >= 11 is 6.79. The molecule has 0 bridgehead atoms. The fourth-order valence-corrected chi connectivity index (χ4v) is 4.42. The fourth-order valence-electron chi connectivity index (χ4n) is 4.14. The highest BCUT2D eigenvalue weighted by atomic mass is 35.5. The van der Waals surface area contributed by atoms with Crippen LogP contribution in [0.4, 0.5) is 4.79 Å². The average molecular weight is 465 g/mol. The highest BCUT2D eigenvalue weighted by Gasteiger charge is 2.44. The maximum atomic E-state index is 13.1. The van der Waals surface area contributed by atoms with Crippen molar-refractivity contribution >= 4 is 40.5 Å². The topological polar surface area (TPSA) is 92.8 Å².